The summed E-state index contributed by atoms with van der Waals surface area (Å²) in [5.41, 5.74) is 6.89. The van der Waals surface area contributed by atoms with Crippen LogP contribution in [-0.2, 0) is 10.2 Å². The van der Waals surface area contributed by atoms with E-state index in [0.717, 1.165) is 37.9 Å². The average molecular weight is 343 g/mol. The molecule has 1 saturated carbocycles. The first kappa shape index (κ1) is 17.6. The number of rotatable bonds is 2. The molecule has 22 heavy (non-hydrogen) atoms. The van der Waals surface area contributed by atoms with Crippen molar-refractivity contribution in [1.82, 2.24) is 4.90 Å². The number of hydrogen-bond acceptors (Lipinski definition) is 2. The molecule has 1 aliphatic heterocycles. The zero-order valence-corrected chi connectivity index (χ0v) is 14.7. The Kier molecular flexibility index (Phi) is 4.82. The van der Waals surface area contributed by atoms with Gasteiger partial charge in [0.05, 0.1) is 5.41 Å². The van der Waals surface area contributed by atoms with Gasteiger partial charge in [-0.3, -0.25) is 4.79 Å². The van der Waals surface area contributed by atoms with E-state index in [9.17, 15) is 4.79 Å². The standard InChI is InChI=1S/C17H23ClN2O.ClH/c1-16(2)11-20(9-6-14(16)19)15(21)17(7-8-17)12-4-3-5-13(18)10-12;/h3-5,10,14H,6-9,11,19H2,1-2H3;1H. The molecule has 2 fully saturated rings. The molecule has 1 heterocycles. The second-order valence-corrected chi connectivity index (χ2v) is 7.64. The third kappa shape index (κ3) is 2.99. The molecule has 3 rings (SSSR count). The summed E-state index contributed by atoms with van der Waals surface area (Å²) in [4.78, 5) is 15.0. The normalized spacial score (nSPS) is 25.3. The van der Waals surface area contributed by atoms with E-state index in [4.69, 9.17) is 17.3 Å². The van der Waals surface area contributed by atoms with Gasteiger partial charge in [0, 0.05) is 24.2 Å². The highest BCUT2D eigenvalue weighted by Gasteiger charge is 2.54. The maximum atomic E-state index is 13.0. The molecule has 0 spiro atoms. The molecule has 122 valence electrons. The highest BCUT2D eigenvalue weighted by Crippen LogP contribution is 2.50. The fraction of sp³-hybridized carbons (Fsp3) is 0.588. The van der Waals surface area contributed by atoms with E-state index in [2.05, 4.69) is 13.8 Å². The van der Waals surface area contributed by atoms with Crippen LogP contribution >= 0.6 is 24.0 Å². The number of nitrogens with two attached hydrogens (primary N) is 1. The molecule has 0 radical (unpaired) electrons. The third-order valence-corrected chi connectivity index (χ3v) is 5.37. The van der Waals surface area contributed by atoms with Crippen LogP contribution in [0.5, 0.6) is 0 Å². The highest BCUT2D eigenvalue weighted by molar-refractivity contribution is 6.30. The Bertz CT molecular complexity index is 570. The van der Waals surface area contributed by atoms with Crippen molar-refractivity contribution in [3.63, 3.8) is 0 Å². The first-order valence-corrected chi connectivity index (χ1v) is 8.04. The molecule has 2 N–H and O–H groups in total. The maximum absolute atomic E-state index is 13.0. The summed E-state index contributed by atoms with van der Waals surface area (Å²) in [6.45, 7) is 5.81. The number of hydrogen-bond donors (Lipinski definition) is 1. The molecular formula is C17H24Cl2N2O. The second-order valence-electron chi connectivity index (χ2n) is 7.20. The van der Waals surface area contributed by atoms with Crippen LogP contribution in [0.2, 0.25) is 5.02 Å². The zero-order chi connectivity index (χ0) is 15.3. The van der Waals surface area contributed by atoms with Gasteiger partial charge in [0.2, 0.25) is 5.91 Å². The molecule has 5 heteroatoms. The monoisotopic (exact) mass is 342 g/mol. The number of likely N-dealkylation sites (tertiary alicyclic amines) is 1. The van der Waals surface area contributed by atoms with Gasteiger partial charge < -0.3 is 10.6 Å². The molecule has 3 nitrogen and oxygen atoms in total. The van der Waals surface area contributed by atoms with Crippen molar-refractivity contribution in [2.45, 2.75) is 44.6 Å². The molecule has 1 aromatic rings. The number of nitrogens with zero attached hydrogens (tertiary/aromatic N) is 1. The lowest BCUT2D eigenvalue weighted by Crippen LogP contribution is -2.55. The van der Waals surface area contributed by atoms with Crippen LogP contribution in [0.4, 0.5) is 0 Å². The highest BCUT2D eigenvalue weighted by atomic mass is 35.5. The van der Waals surface area contributed by atoms with Crippen LogP contribution in [-0.4, -0.2) is 29.9 Å². The Morgan fingerprint density at radius 1 is 1.36 bits per heavy atom. The van der Waals surface area contributed by atoms with E-state index >= 15 is 0 Å². The third-order valence-electron chi connectivity index (χ3n) is 5.14. The number of benzene rings is 1. The van der Waals surface area contributed by atoms with Gasteiger partial charge in [-0.2, -0.15) is 0 Å². The van der Waals surface area contributed by atoms with Gasteiger partial charge in [-0.15, -0.1) is 12.4 Å². The number of piperidine rings is 1. The van der Waals surface area contributed by atoms with Gasteiger partial charge in [0.25, 0.3) is 0 Å². The van der Waals surface area contributed by atoms with Gasteiger partial charge in [-0.25, -0.2) is 0 Å². The summed E-state index contributed by atoms with van der Waals surface area (Å²) in [6, 6.07) is 7.92. The Balaban J connectivity index is 0.00000176. The Morgan fingerprint density at radius 3 is 2.59 bits per heavy atom. The Morgan fingerprint density at radius 2 is 2.05 bits per heavy atom. The number of carbonyl (C=O) groups excluding carboxylic acids is 1. The van der Waals surface area contributed by atoms with Gasteiger partial charge in [-0.1, -0.05) is 37.6 Å². The molecule has 1 amide bonds. The first-order valence-electron chi connectivity index (χ1n) is 7.66. The summed E-state index contributed by atoms with van der Waals surface area (Å²) in [5.74, 6) is 0.254. The molecule has 1 saturated heterocycles. The summed E-state index contributed by atoms with van der Waals surface area (Å²) < 4.78 is 0. The van der Waals surface area contributed by atoms with Crippen molar-refractivity contribution in [3.8, 4) is 0 Å². The molecular weight excluding hydrogens is 319 g/mol. The van der Waals surface area contributed by atoms with Crippen LogP contribution < -0.4 is 5.73 Å². The van der Waals surface area contributed by atoms with E-state index in [0.29, 0.717) is 5.02 Å². The fourth-order valence-electron chi connectivity index (χ4n) is 3.39. The average Bonchev–Trinajstić information content (AvgIpc) is 3.22. The van der Waals surface area contributed by atoms with Crippen molar-refractivity contribution in [1.29, 1.82) is 0 Å². The quantitative estimate of drug-likeness (QED) is 0.895. The maximum Gasteiger partial charge on any atom is 0.233 e. The lowest BCUT2D eigenvalue weighted by molar-refractivity contribution is -0.137. The van der Waals surface area contributed by atoms with Crippen LogP contribution in [0.15, 0.2) is 24.3 Å². The zero-order valence-electron chi connectivity index (χ0n) is 13.1. The molecule has 0 bridgehead atoms. The van der Waals surface area contributed by atoms with Crippen molar-refractivity contribution in [3.05, 3.63) is 34.9 Å². The Hall–Kier alpha value is -0.770. The molecule has 2 aliphatic rings. The van der Waals surface area contributed by atoms with E-state index in [1.54, 1.807) is 0 Å². The van der Waals surface area contributed by atoms with Gasteiger partial charge in [0.15, 0.2) is 0 Å². The summed E-state index contributed by atoms with van der Waals surface area (Å²) in [6.07, 6.45) is 2.73. The lowest BCUT2D eigenvalue weighted by Gasteiger charge is -2.43. The van der Waals surface area contributed by atoms with Gasteiger partial charge in [-0.05, 0) is 42.4 Å². The van der Waals surface area contributed by atoms with Crippen LogP contribution in [0.25, 0.3) is 0 Å². The number of carbonyl (C=O) groups is 1. The predicted molar refractivity (Wildman–Crippen MR) is 92.6 cm³/mol. The molecule has 1 unspecified atom stereocenters. The van der Waals surface area contributed by atoms with Crippen LogP contribution in [0.3, 0.4) is 0 Å². The smallest absolute Gasteiger partial charge is 0.233 e. The van der Waals surface area contributed by atoms with Crippen LogP contribution in [0, 0.1) is 5.41 Å². The summed E-state index contributed by atoms with van der Waals surface area (Å²) in [7, 11) is 0. The predicted octanol–water partition coefficient (Wildman–Crippen LogP) is 3.38. The van der Waals surface area contributed by atoms with E-state index < -0.39 is 0 Å². The molecule has 1 aromatic carbocycles. The topological polar surface area (TPSA) is 46.3 Å². The van der Waals surface area contributed by atoms with E-state index in [1.807, 2.05) is 29.2 Å². The van der Waals surface area contributed by atoms with E-state index in [-0.39, 0.29) is 35.2 Å². The van der Waals surface area contributed by atoms with E-state index in [1.165, 1.54) is 0 Å². The minimum Gasteiger partial charge on any atom is -0.341 e. The van der Waals surface area contributed by atoms with Crippen molar-refractivity contribution in [2.75, 3.05) is 13.1 Å². The van der Waals surface area contributed by atoms with Gasteiger partial charge >= 0.3 is 0 Å². The summed E-state index contributed by atoms with van der Waals surface area (Å²) in [5, 5.41) is 0.701. The minimum absolute atomic E-state index is 0. The van der Waals surface area contributed by atoms with Crippen molar-refractivity contribution < 1.29 is 4.79 Å². The SMILES string of the molecule is CC1(C)CN(C(=O)C2(c3cccc(Cl)c3)CC2)CCC1N.Cl. The van der Waals surface area contributed by atoms with Gasteiger partial charge in [0.1, 0.15) is 0 Å². The fourth-order valence-corrected chi connectivity index (χ4v) is 3.58. The number of halogens is 2. The first-order chi connectivity index (χ1) is 9.85. The Labute approximate surface area is 143 Å². The molecule has 1 aliphatic carbocycles. The molecule has 0 aromatic heterocycles. The minimum atomic E-state index is -0.331. The lowest BCUT2D eigenvalue weighted by atomic mass is 9.79. The number of amides is 1. The largest absolute Gasteiger partial charge is 0.341 e. The molecule has 1 atom stereocenters. The van der Waals surface area contributed by atoms with Crippen LogP contribution in [0.1, 0.15) is 38.7 Å². The summed E-state index contributed by atoms with van der Waals surface area (Å²) >= 11 is 6.09. The van der Waals surface area contributed by atoms with Crippen molar-refractivity contribution in [2.24, 2.45) is 11.1 Å². The second kappa shape index (κ2) is 6.03. The van der Waals surface area contributed by atoms with Crippen molar-refractivity contribution >= 4 is 29.9 Å².